The van der Waals surface area contributed by atoms with Crippen molar-refractivity contribution in [1.29, 1.82) is 0 Å². The molecule has 0 amide bonds. The van der Waals surface area contributed by atoms with E-state index in [1.165, 1.54) is 66.8 Å². The molecule has 60 heavy (non-hydrogen) atoms. The number of para-hydroxylation sites is 2. The smallest absolute Gasteiger partial charge is 0.143 e. The van der Waals surface area contributed by atoms with E-state index >= 15 is 0 Å². The van der Waals surface area contributed by atoms with Crippen LogP contribution in [0.3, 0.4) is 0 Å². The first-order valence-electron chi connectivity index (χ1n) is 21.0. The van der Waals surface area contributed by atoms with Crippen LogP contribution in [-0.4, -0.2) is 0 Å². The van der Waals surface area contributed by atoms with E-state index in [9.17, 15) is 0 Å². The maximum Gasteiger partial charge on any atom is 0.143 e. The SMILES string of the molecule is CC1(C)c2ccccc2-c2ccc(N(c3ccc4c(c3)oc3c(-c5ccccc5)cccc34)c3ccccc3C34c5ccccc5-c5cccc(c53)-c3ccccc34)cc21. The molecule has 0 spiro atoms. The van der Waals surface area contributed by atoms with Gasteiger partial charge in [0.15, 0.2) is 0 Å². The number of hydrogen-bond donors (Lipinski definition) is 0. The number of hydrogen-bond acceptors (Lipinski definition) is 2. The summed E-state index contributed by atoms with van der Waals surface area (Å²) in [6.45, 7) is 4.74. The van der Waals surface area contributed by atoms with Crippen molar-refractivity contribution in [2.24, 2.45) is 0 Å². The first kappa shape index (κ1) is 33.5. The summed E-state index contributed by atoms with van der Waals surface area (Å²) >= 11 is 0. The van der Waals surface area contributed by atoms with Crippen LogP contribution < -0.4 is 4.90 Å². The predicted octanol–water partition coefficient (Wildman–Crippen LogP) is 15.4. The number of anilines is 3. The average molecular weight is 766 g/mol. The van der Waals surface area contributed by atoms with Crippen LogP contribution in [0.25, 0.3) is 66.4 Å². The van der Waals surface area contributed by atoms with Gasteiger partial charge in [-0.1, -0.05) is 178 Å². The van der Waals surface area contributed by atoms with Gasteiger partial charge in [0, 0.05) is 39.2 Å². The van der Waals surface area contributed by atoms with Crippen LogP contribution in [0.15, 0.2) is 205 Å². The Kier molecular flexibility index (Phi) is 6.74. The minimum atomic E-state index is -0.520. The molecule has 9 aromatic carbocycles. The summed E-state index contributed by atoms with van der Waals surface area (Å²) in [5.41, 5.74) is 22.5. The molecule has 3 aliphatic carbocycles. The molecule has 0 radical (unpaired) electrons. The van der Waals surface area contributed by atoms with E-state index < -0.39 is 5.41 Å². The first-order chi connectivity index (χ1) is 29.5. The Bertz CT molecular complexity index is 3360. The van der Waals surface area contributed by atoms with Gasteiger partial charge in [-0.3, -0.25) is 0 Å². The molecule has 0 unspecified atom stereocenters. The molecule has 0 aliphatic heterocycles. The second-order valence-electron chi connectivity index (χ2n) is 17.2. The van der Waals surface area contributed by atoms with Gasteiger partial charge < -0.3 is 9.32 Å². The van der Waals surface area contributed by atoms with Crippen molar-refractivity contribution >= 4 is 39.0 Å². The molecule has 13 rings (SSSR count). The van der Waals surface area contributed by atoms with Gasteiger partial charge in [-0.2, -0.15) is 0 Å². The molecule has 0 N–H and O–H groups in total. The summed E-state index contributed by atoms with van der Waals surface area (Å²) in [6.07, 6.45) is 0. The maximum atomic E-state index is 6.94. The molecule has 1 aromatic heterocycles. The molecule has 1 heterocycles. The van der Waals surface area contributed by atoms with E-state index in [1.54, 1.807) is 0 Å². The minimum Gasteiger partial charge on any atom is -0.455 e. The standard InChI is InChI=1S/C58H39NO/c1-57(2)48-25-9-6-18-40(48)43-32-30-37(34-52(43)57)59(38-31-33-44-47-24-14-21-39(36-16-4-3-5-17-36)56(47)60-54(44)35-38)53-29-13-12-28-51(53)58-49-26-10-7-19-41(49)45-22-15-23-46(55(45)58)42-20-8-11-27-50(42)58/h3-35H,1-2H3. The minimum absolute atomic E-state index is 0.162. The van der Waals surface area contributed by atoms with E-state index in [4.69, 9.17) is 4.42 Å². The highest BCUT2D eigenvalue weighted by Crippen LogP contribution is 2.66. The summed E-state index contributed by atoms with van der Waals surface area (Å²) in [6, 6.07) is 74.1. The summed E-state index contributed by atoms with van der Waals surface area (Å²) in [7, 11) is 0. The molecule has 0 saturated carbocycles. The average Bonchev–Trinajstić information content (AvgIpc) is 3.99. The van der Waals surface area contributed by atoms with Crippen molar-refractivity contribution in [1.82, 2.24) is 0 Å². The Morgan fingerprint density at radius 2 is 0.917 bits per heavy atom. The van der Waals surface area contributed by atoms with Gasteiger partial charge in [-0.15, -0.1) is 0 Å². The molecule has 0 atom stereocenters. The molecular weight excluding hydrogens is 727 g/mol. The highest BCUT2D eigenvalue weighted by molar-refractivity contribution is 6.10. The Labute approximate surface area is 349 Å². The van der Waals surface area contributed by atoms with Crippen LogP contribution in [0.4, 0.5) is 17.1 Å². The van der Waals surface area contributed by atoms with Crippen LogP contribution in [0, 0.1) is 0 Å². The zero-order valence-electron chi connectivity index (χ0n) is 33.4. The van der Waals surface area contributed by atoms with Crippen LogP contribution in [0.2, 0.25) is 0 Å². The van der Waals surface area contributed by atoms with E-state index in [2.05, 4.69) is 219 Å². The largest absolute Gasteiger partial charge is 0.455 e. The molecule has 2 nitrogen and oxygen atoms in total. The lowest BCUT2D eigenvalue weighted by atomic mass is 9.69. The second-order valence-corrected chi connectivity index (χ2v) is 17.2. The van der Waals surface area contributed by atoms with E-state index in [-0.39, 0.29) is 5.41 Å². The molecule has 0 bridgehead atoms. The second kappa shape index (κ2) is 12.1. The molecule has 3 aliphatic rings. The van der Waals surface area contributed by atoms with E-state index in [0.29, 0.717) is 0 Å². The lowest BCUT2D eigenvalue weighted by Gasteiger charge is -2.36. The summed E-state index contributed by atoms with van der Waals surface area (Å²) in [5.74, 6) is 0. The first-order valence-corrected chi connectivity index (χ1v) is 21.0. The molecule has 10 aromatic rings. The normalized spacial score (nSPS) is 14.4. The van der Waals surface area contributed by atoms with Gasteiger partial charge >= 0.3 is 0 Å². The fourth-order valence-corrected chi connectivity index (χ4v) is 11.3. The third-order valence-electron chi connectivity index (χ3n) is 13.9. The fourth-order valence-electron chi connectivity index (χ4n) is 11.3. The summed E-state index contributed by atoms with van der Waals surface area (Å²) < 4.78 is 6.94. The van der Waals surface area contributed by atoms with E-state index in [1.807, 2.05) is 0 Å². The van der Waals surface area contributed by atoms with Crippen molar-refractivity contribution in [3.05, 3.63) is 234 Å². The third kappa shape index (κ3) is 4.27. The van der Waals surface area contributed by atoms with Gasteiger partial charge in [-0.25, -0.2) is 0 Å². The van der Waals surface area contributed by atoms with Crippen LogP contribution in [0.1, 0.15) is 47.2 Å². The Balaban J connectivity index is 1.10. The van der Waals surface area contributed by atoms with Crippen molar-refractivity contribution in [2.75, 3.05) is 4.90 Å². The fraction of sp³-hybridized carbons (Fsp3) is 0.0690. The summed E-state index contributed by atoms with van der Waals surface area (Å²) in [4.78, 5) is 2.50. The van der Waals surface area contributed by atoms with Crippen LogP contribution >= 0.6 is 0 Å². The Morgan fingerprint density at radius 3 is 1.65 bits per heavy atom. The van der Waals surface area contributed by atoms with Crippen molar-refractivity contribution < 1.29 is 4.42 Å². The van der Waals surface area contributed by atoms with Gasteiger partial charge in [0.25, 0.3) is 0 Å². The Hall–Kier alpha value is -7.42. The number of nitrogens with zero attached hydrogens (tertiary/aromatic N) is 1. The van der Waals surface area contributed by atoms with Crippen molar-refractivity contribution in [3.63, 3.8) is 0 Å². The van der Waals surface area contributed by atoms with Crippen LogP contribution in [0.5, 0.6) is 0 Å². The van der Waals surface area contributed by atoms with E-state index in [0.717, 1.165) is 50.1 Å². The maximum absolute atomic E-state index is 6.94. The molecule has 282 valence electrons. The Morgan fingerprint density at radius 1 is 0.383 bits per heavy atom. The molecule has 0 fully saturated rings. The highest BCUT2D eigenvalue weighted by Gasteiger charge is 2.53. The lowest BCUT2D eigenvalue weighted by molar-refractivity contribution is 0.660. The topological polar surface area (TPSA) is 16.4 Å². The zero-order valence-corrected chi connectivity index (χ0v) is 33.4. The van der Waals surface area contributed by atoms with Gasteiger partial charge in [-0.05, 0) is 103 Å². The van der Waals surface area contributed by atoms with Crippen molar-refractivity contribution in [2.45, 2.75) is 24.7 Å². The number of benzene rings is 9. The van der Waals surface area contributed by atoms with Crippen molar-refractivity contribution in [3.8, 4) is 44.5 Å². The highest BCUT2D eigenvalue weighted by atomic mass is 16.3. The molecule has 2 heteroatoms. The van der Waals surface area contributed by atoms with Crippen LogP contribution in [-0.2, 0) is 10.8 Å². The monoisotopic (exact) mass is 765 g/mol. The molecule has 0 saturated heterocycles. The zero-order chi connectivity index (χ0) is 39.7. The predicted molar refractivity (Wildman–Crippen MR) is 248 cm³/mol. The molecular formula is C58H39NO. The third-order valence-corrected chi connectivity index (χ3v) is 13.9. The van der Waals surface area contributed by atoms with Gasteiger partial charge in [0.2, 0.25) is 0 Å². The lowest BCUT2D eigenvalue weighted by Crippen LogP contribution is -2.28. The van der Waals surface area contributed by atoms with Gasteiger partial charge in [0.05, 0.1) is 11.1 Å². The summed E-state index contributed by atoms with van der Waals surface area (Å²) in [5, 5.41) is 2.23. The number of furan rings is 1. The quantitative estimate of drug-likeness (QED) is 0.173. The number of fused-ring (bicyclic) bond motifs is 12. The number of rotatable bonds is 5. The van der Waals surface area contributed by atoms with Gasteiger partial charge in [0.1, 0.15) is 11.2 Å².